The van der Waals surface area contributed by atoms with Gasteiger partial charge in [0.05, 0.1) is 7.11 Å². The van der Waals surface area contributed by atoms with E-state index in [4.69, 9.17) is 22.1 Å². The second-order valence-corrected chi connectivity index (χ2v) is 11.2. The molecule has 0 aliphatic carbocycles. The molecule has 5 aromatic rings. The fourth-order valence-corrected chi connectivity index (χ4v) is 5.94. The molecule has 0 spiro atoms. The molecule has 6 rings (SSSR count). The lowest BCUT2D eigenvalue weighted by Gasteiger charge is -2.14. The summed E-state index contributed by atoms with van der Waals surface area (Å²) in [5, 5.41) is 8.79. The third-order valence-electron chi connectivity index (χ3n) is 7.32. The SMILES string of the molecule is COc1ccc(-c2c3c4n(c(-c5ccc(Br)cc5)nn4c2C(=S)Nc2cc(C)ccc2C)CCCC3)cc1. The van der Waals surface area contributed by atoms with Crippen LogP contribution in [-0.2, 0) is 13.0 Å². The molecule has 0 saturated heterocycles. The number of methoxy groups -OCH3 is 1. The molecule has 1 N–H and O–H groups in total. The molecule has 1 aliphatic heterocycles. The Kier molecular flexibility index (Phi) is 6.58. The minimum absolute atomic E-state index is 0.665. The van der Waals surface area contributed by atoms with Crippen LogP contribution in [0, 0.1) is 13.8 Å². The summed E-state index contributed by atoms with van der Waals surface area (Å²) in [6, 6.07) is 23.1. The Bertz CT molecular complexity index is 1670. The van der Waals surface area contributed by atoms with Crippen molar-refractivity contribution in [1.82, 2.24) is 14.2 Å². The van der Waals surface area contributed by atoms with Crippen LogP contribution in [0.2, 0.25) is 0 Å². The van der Waals surface area contributed by atoms with E-state index in [2.05, 4.69) is 98.8 Å². The third-order valence-corrected chi connectivity index (χ3v) is 8.15. The first-order valence-corrected chi connectivity index (χ1v) is 14.1. The first-order chi connectivity index (χ1) is 18.4. The maximum atomic E-state index is 6.16. The number of hydrogen-bond donors (Lipinski definition) is 1. The lowest BCUT2D eigenvalue weighted by Crippen LogP contribution is -2.15. The zero-order valence-corrected chi connectivity index (χ0v) is 24.1. The van der Waals surface area contributed by atoms with Gasteiger partial charge in [-0.25, -0.2) is 4.52 Å². The van der Waals surface area contributed by atoms with E-state index in [1.807, 2.05) is 12.1 Å². The van der Waals surface area contributed by atoms with Gasteiger partial charge in [0, 0.05) is 33.4 Å². The molecule has 0 fully saturated rings. The average molecular weight is 586 g/mol. The molecule has 0 saturated carbocycles. The Morgan fingerprint density at radius 1 is 0.974 bits per heavy atom. The van der Waals surface area contributed by atoms with Gasteiger partial charge in [0.2, 0.25) is 0 Å². The fraction of sp³-hybridized carbons (Fsp3) is 0.226. The zero-order chi connectivity index (χ0) is 26.4. The molecule has 192 valence electrons. The molecule has 0 unspecified atom stereocenters. The molecule has 0 bridgehead atoms. The van der Waals surface area contributed by atoms with Crippen molar-refractivity contribution in [2.75, 3.05) is 12.4 Å². The highest BCUT2D eigenvalue weighted by Crippen LogP contribution is 2.39. The van der Waals surface area contributed by atoms with Crippen molar-refractivity contribution < 1.29 is 4.74 Å². The van der Waals surface area contributed by atoms with Crippen LogP contribution in [-0.4, -0.2) is 26.3 Å². The minimum atomic E-state index is 0.665. The Balaban J connectivity index is 1.60. The highest BCUT2D eigenvalue weighted by atomic mass is 79.9. The lowest BCUT2D eigenvalue weighted by atomic mass is 9.97. The number of ether oxygens (including phenoxy) is 1. The van der Waals surface area contributed by atoms with Crippen molar-refractivity contribution in [3.8, 4) is 28.3 Å². The molecular weight excluding hydrogens is 556 g/mol. The average Bonchev–Trinajstić information content (AvgIpc) is 3.34. The van der Waals surface area contributed by atoms with Gasteiger partial charge < -0.3 is 14.6 Å². The van der Waals surface area contributed by atoms with Gasteiger partial charge in [0.1, 0.15) is 22.1 Å². The third kappa shape index (κ3) is 4.33. The first kappa shape index (κ1) is 24.9. The highest BCUT2D eigenvalue weighted by Gasteiger charge is 2.29. The van der Waals surface area contributed by atoms with Gasteiger partial charge in [-0.2, -0.15) is 0 Å². The summed E-state index contributed by atoms with van der Waals surface area (Å²) in [4.78, 5) is 0.665. The van der Waals surface area contributed by atoms with E-state index in [0.717, 1.165) is 81.1 Å². The summed E-state index contributed by atoms with van der Waals surface area (Å²) in [6.45, 7) is 5.12. The van der Waals surface area contributed by atoms with Gasteiger partial charge in [-0.1, -0.05) is 64.5 Å². The summed E-state index contributed by atoms with van der Waals surface area (Å²) < 4.78 is 11.0. The van der Waals surface area contributed by atoms with Crippen LogP contribution in [0.4, 0.5) is 5.69 Å². The van der Waals surface area contributed by atoms with Crippen LogP contribution in [0.25, 0.3) is 28.2 Å². The molecule has 0 atom stereocenters. The van der Waals surface area contributed by atoms with Gasteiger partial charge in [0.25, 0.3) is 0 Å². The molecule has 7 heteroatoms. The van der Waals surface area contributed by atoms with E-state index >= 15 is 0 Å². The van der Waals surface area contributed by atoms with Crippen LogP contribution in [0.1, 0.15) is 35.2 Å². The smallest absolute Gasteiger partial charge is 0.162 e. The van der Waals surface area contributed by atoms with Crippen molar-refractivity contribution >= 4 is 44.5 Å². The van der Waals surface area contributed by atoms with Crippen LogP contribution in [0.3, 0.4) is 0 Å². The van der Waals surface area contributed by atoms with E-state index in [9.17, 15) is 0 Å². The molecule has 38 heavy (non-hydrogen) atoms. The number of aryl methyl sites for hydroxylation is 4. The summed E-state index contributed by atoms with van der Waals surface area (Å²) in [5.74, 6) is 1.80. The molecule has 1 aliphatic rings. The topological polar surface area (TPSA) is 43.5 Å². The number of benzene rings is 3. The van der Waals surface area contributed by atoms with E-state index in [-0.39, 0.29) is 0 Å². The second-order valence-electron chi connectivity index (χ2n) is 9.88. The molecule has 0 radical (unpaired) electrons. The van der Waals surface area contributed by atoms with Gasteiger partial charge in [-0.15, -0.1) is 5.10 Å². The first-order valence-electron chi connectivity index (χ1n) is 12.9. The van der Waals surface area contributed by atoms with Gasteiger partial charge in [0.15, 0.2) is 5.82 Å². The molecule has 5 nitrogen and oxygen atoms in total. The van der Waals surface area contributed by atoms with Crippen LogP contribution < -0.4 is 10.1 Å². The number of anilines is 1. The normalized spacial score (nSPS) is 12.9. The Hall–Kier alpha value is -3.42. The lowest BCUT2D eigenvalue weighted by molar-refractivity contribution is 0.415. The van der Waals surface area contributed by atoms with Crippen molar-refractivity contribution in [1.29, 1.82) is 0 Å². The molecule has 3 aromatic carbocycles. The Morgan fingerprint density at radius 2 is 1.71 bits per heavy atom. The van der Waals surface area contributed by atoms with Crippen molar-refractivity contribution in [3.63, 3.8) is 0 Å². The summed E-state index contributed by atoms with van der Waals surface area (Å²) in [6.07, 6.45) is 3.19. The van der Waals surface area contributed by atoms with E-state index in [1.54, 1.807) is 7.11 Å². The zero-order valence-electron chi connectivity index (χ0n) is 21.7. The maximum absolute atomic E-state index is 6.16. The maximum Gasteiger partial charge on any atom is 0.162 e. The van der Waals surface area contributed by atoms with E-state index in [1.165, 1.54) is 11.1 Å². The number of nitrogens with zero attached hydrogens (tertiary/aromatic N) is 3. The monoisotopic (exact) mass is 584 g/mol. The number of hydrogen-bond acceptors (Lipinski definition) is 3. The number of rotatable bonds is 5. The fourth-order valence-electron chi connectivity index (χ4n) is 5.38. The predicted molar refractivity (Wildman–Crippen MR) is 162 cm³/mol. The quantitative estimate of drug-likeness (QED) is 0.213. The number of aromatic nitrogens is 3. The number of nitrogens with one attached hydrogen (secondary N) is 1. The molecule has 3 heterocycles. The Labute approximate surface area is 236 Å². The van der Waals surface area contributed by atoms with Crippen LogP contribution in [0.5, 0.6) is 5.75 Å². The van der Waals surface area contributed by atoms with Gasteiger partial charge in [-0.3, -0.25) is 0 Å². The molecule has 0 amide bonds. The standard InChI is InChI=1S/C31H29BrN4OS/c1-19-7-8-20(2)26(18-19)33-30(38)28-27(21-11-15-24(37-3)16-12-21)25-6-4-5-17-35-29(34-36(28)31(25)35)22-9-13-23(32)14-10-22/h7-16,18H,4-6,17H2,1-3H3,(H,33,38). The van der Waals surface area contributed by atoms with Crippen LogP contribution >= 0.6 is 28.1 Å². The van der Waals surface area contributed by atoms with Crippen molar-refractivity contribution in [2.24, 2.45) is 0 Å². The summed E-state index contributed by atoms with van der Waals surface area (Å²) >= 11 is 9.73. The van der Waals surface area contributed by atoms with E-state index < -0.39 is 0 Å². The van der Waals surface area contributed by atoms with Crippen molar-refractivity contribution in [2.45, 2.75) is 39.7 Å². The van der Waals surface area contributed by atoms with Crippen LogP contribution in [0.15, 0.2) is 71.2 Å². The summed E-state index contributed by atoms with van der Waals surface area (Å²) in [5.41, 5.74) is 10.1. The van der Waals surface area contributed by atoms with Gasteiger partial charge >= 0.3 is 0 Å². The minimum Gasteiger partial charge on any atom is -0.497 e. The molecule has 2 aromatic heterocycles. The second kappa shape index (κ2) is 10.0. The predicted octanol–water partition coefficient (Wildman–Crippen LogP) is 7.98. The van der Waals surface area contributed by atoms with Gasteiger partial charge in [-0.05, 0) is 80.1 Å². The number of thiocarbonyl (C=S) groups is 1. The van der Waals surface area contributed by atoms with Crippen molar-refractivity contribution in [3.05, 3.63) is 93.6 Å². The number of halogens is 1. The van der Waals surface area contributed by atoms with E-state index in [0.29, 0.717) is 4.99 Å². The molecular formula is C31H29BrN4OS. The summed E-state index contributed by atoms with van der Waals surface area (Å²) in [7, 11) is 1.70. The largest absolute Gasteiger partial charge is 0.497 e. The Morgan fingerprint density at radius 3 is 2.45 bits per heavy atom. The highest BCUT2D eigenvalue weighted by molar-refractivity contribution is 9.10.